The average Bonchev–Trinajstić information content (AvgIpc) is 2.37. The van der Waals surface area contributed by atoms with Crippen molar-refractivity contribution in [1.29, 1.82) is 0 Å². The van der Waals surface area contributed by atoms with Crippen LogP contribution in [0.4, 0.5) is 0 Å². The van der Waals surface area contributed by atoms with Crippen LogP contribution in [0.1, 0.15) is 20.3 Å². The van der Waals surface area contributed by atoms with Crippen molar-refractivity contribution in [1.82, 2.24) is 0 Å². The number of hydrogen-bond donors (Lipinski definition) is 2. The minimum Gasteiger partial charge on any atom is -0.496 e. The van der Waals surface area contributed by atoms with Crippen LogP contribution in [0, 0.1) is 0 Å². The van der Waals surface area contributed by atoms with E-state index < -0.39 is 11.4 Å². The summed E-state index contributed by atoms with van der Waals surface area (Å²) in [5.41, 5.74) is 9.96. The Labute approximate surface area is 119 Å². The molecule has 6 heteroatoms. The summed E-state index contributed by atoms with van der Waals surface area (Å²) in [6.45, 7) is 3.40. The van der Waals surface area contributed by atoms with Gasteiger partial charge in [-0.15, -0.1) is 0 Å². The first-order chi connectivity index (χ1) is 9.28. The van der Waals surface area contributed by atoms with Crippen molar-refractivity contribution in [2.24, 2.45) is 11.5 Å². The second-order valence-electron chi connectivity index (χ2n) is 4.96. The third-order valence-electron chi connectivity index (χ3n) is 2.94. The van der Waals surface area contributed by atoms with Gasteiger partial charge in [-0.3, -0.25) is 4.79 Å². The highest BCUT2D eigenvalue weighted by atomic mass is 16.5. The largest absolute Gasteiger partial charge is 0.496 e. The van der Waals surface area contributed by atoms with Crippen LogP contribution in [0.3, 0.4) is 0 Å². The molecule has 0 aliphatic carbocycles. The predicted molar refractivity (Wildman–Crippen MR) is 76.0 cm³/mol. The highest BCUT2D eigenvalue weighted by molar-refractivity contribution is 5.83. The normalized spacial score (nSPS) is 15.1. The molecule has 0 saturated heterocycles. The standard InChI is InChI=1S/C14H22N2O4/c1-9(8-14(2,16)13(15)17)20-12-6-10(18-3)5-11(7-12)19-4/h5-7,9H,8,16H2,1-4H3,(H2,15,17). The smallest absolute Gasteiger partial charge is 0.237 e. The predicted octanol–water partition coefficient (Wildman–Crippen LogP) is 1.06. The van der Waals surface area contributed by atoms with Crippen molar-refractivity contribution in [2.45, 2.75) is 31.9 Å². The third-order valence-corrected chi connectivity index (χ3v) is 2.94. The Hall–Kier alpha value is -1.95. The summed E-state index contributed by atoms with van der Waals surface area (Å²) in [6, 6.07) is 5.21. The molecule has 1 aromatic carbocycles. The second-order valence-corrected chi connectivity index (χ2v) is 4.96. The van der Waals surface area contributed by atoms with Gasteiger partial charge in [0, 0.05) is 24.6 Å². The molecule has 112 valence electrons. The van der Waals surface area contributed by atoms with Crippen molar-refractivity contribution in [2.75, 3.05) is 14.2 Å². The zero-order valence-corrected chi connectivity index (χ0v) is 12.3. The van der Waals surface area contributed by atoms with E-state index in [0.29, 0.717) is 23.7 Å². The highest BCUT2D eigenvalue weighted by Gasteiger charge is 2.28. The van der Waals surface area contributed by atoms with Crippen LogP contribution >= 0.6 is 0 Å². The van der Waals surface area contributed by atoms with Crippen LogP contribution in [0.2, 0.25) is 0 Å². The molecule has 0 spiro atoms. The lowest BCUT2D eigenvalue weighted by Crippen LogP contribution is -2.51. The van der Waals surface area contributed by atoms with E-state index in [1.807, 2.05) is 6.92 Å². The van der Waals surface area contributed by atoms with E-state index in [1.165, 1.54) is 0 Å². The Morgan fingerprint density at radius 2 is 1.65 bits per heavy atom. The first-order valence-electron chi connectivity index (χ1n) is 6.27. The Bertz CT molecular complexity index is 452. The minimum atomic E-state index is -1.11. The van der Waals surface area contributed by atoms with Crippen LogP contribution in [0.5, 0.6) is 17.2 Å². The Morgan fingerprint density at radius 1 is 1.20 bits per heavy atom. The summed E-state index contributed by atoms with van der Waals surface area (Å²) in [7, 11) is 3.12. The number of rotatable bonds is 7. The molecule has 6 nitrogen and oxygen atoms in total. The zero-order chi connectivity index (χ0) is 15.3. The molecule has 0 saturated carbocycles. The quantitative estimate of drug-likeness (QED) is 0.779. The maximum Gasteiger partial charge on any atom is 0.237 e. The molecule has 4 N–H and O–H groups in total. The summed E-state index contributed by atoms with van der Waals surface area (Å²) >= 11 is 0. The van der Waals surface area contributed by atoms with Gasteiger partial charge in [-0.1, -0.05) is 0 Å². The number of carbonyl (C=O) groups excluding carboxylic acids is 1. The van der Waals surface area contributed by atoms with E-state index in [1.54, 1.807) is 39.3 Å². The van der Waals surface area contributed by atoms with Crippen LogP contribution in [0.25, 0.3) is 0 Å². The first kappa shape index (κ1) is 16.1. The number of carbonyl (C=O) groups is 1. The molecule has 0 aliphatic rings. The maximum atomic E-state index is 11.2. The average molecular weight is 282 g/mol. The van der Waals surface area contributed by atoms with E-state index in [0.717, 1.165) is 0 Å². The summed E-state index contributed by atoms with van der Waals surface area (Å²) in [5, 5.41) is 0. The number of benzene rings is 1. The fourth-order valence-electron chi connectivity index (χ4n) is 1.82. The van der Waals surface area contributed by atoms with E-state index in [4.69, 9.17) is 25.7 Å². The van der Waals surface area contributed by atoms with Crippen LogP contribution < -0.4 is 25.7 Å². The van der Waals surface area contributed by atoms with Gasteiger partial charge in [0.2, 0.25) is 5.91 Å². The Balaban J connectivity index is 2.80. The van der Waals surface area contributed by atoms with E-state index in [-0.39, 0.29) is 6.10 Å². The number of nitrogens with two attached hydrogens (primary N) is 2. The third kappa shape index (κ3) is 4.31. The Morgan fingerprint density at radius 3 is 2.05 bits per heavy atom. The fourth-order valence-corrected chi connectivity index (χ4v) is 1.82. The molecular weight excluding hydrogens is 260 g/mol. The second kappa shape index (κ2) is 6.47. The van der Waals surface area contributed by atoms with Gasteiger partial charge in [0.25, 0.3) is 0 Å². The monoisotopic (exact) mass is 282 g/mol. The highest BCUT2D eigenvalue weighted by Crippen LogP contribution is 2.28. The maximum absolute atomic E-state index is 11.2. The van der Waals surface area contributed by atoms with Crippen molar-refractivity contribution in [3.63, 3.8) is 0 Å². The SMILES string of the molecule is COc1cc(OC)cc(OC(C)CC(C)(N)C(N)=O)c1. The number of amides is 1. The van der Waals surface area contributed by atoms with Gasteiger partial charge >= 0.3 is 0 Å². The Kier molecular flexibility index (Phi) is 5.21. The van der Waals surface area contributed by atoms with Gasteiger partial charge in [-0.2, -0.15) is 0 Å². The number of hydrogen-bond acceptors (Lipinski definition) is 5. The van der Waals surface area contributed by atoms with Crippen LogP contribution in [0.15, 0.2) is 18.2 Å². The van der Waals surface area contributed by atoms with Gasteiger partial charge in [-0.05, 0) is 13.8 Å². The molecule has 1 amide bonds. The van der Waals surface area contributed by atoms with Gasteiger partial charge < -0.3 is 25.7 Å². The van der Waals surface area contributed by atoms with E-state index in [2.05, 4.69) is 0 Å². The van der Waals surface area contributed by atoms with Crippen molar-refractivity contribution in [3.8, 4) is 17.2 Å². The van der Waals surface area contributed by atoms with Gasteiger partial charge in [-0.25, -0.2) is 0 Å². The summed E-state index contributed by atoms with van der Waals surface area (Å²) in [4.78, 5) is 11.2. The van der Waals surface area contributed by atoms with Crippen molar-refractivity contribution in [3.05, 3.63) is 18.2 Å². The van der Waals surface area contributed by atoms with E-state index >= 15 is 0 Å². The lowest BCUT2D eigenvalue weighted by atomic mass is 9.95. The van der Waals surface area contributed by atoms with E-state index in [9.17, 15) is 4.79 Å². The summed E-state index contributed by atoms with van der Waals surface area (Å²) in [6.07, 6.45) is 0.0244. The number of methoxy groups -OCH3 is 2. The molecule has 1 aromatic rings. The molecule has 1 rings (SSSR count). The molecule has 2 unspecified atom stereocenters. The van der Waals surface area contributed by atoms with Crippen LogP contribution in [-0.2, 0) is 4.79 Å². The fraction of sp³-hybridized carbons (Fsp3) is 0.500. The van der Waals surface area contributed by atoms with Crippen molar-refractivity contribution >= 4 is 5.91 Å². The van der Waals surface area contributed by atoms with Gasteiger partial charge in [0.1, 0.15) is 17.2 Å². The zero-order valence-electron chi connectivity index (χ0n) is 12.3. The lowest BCUT2D eigenvalue weighted by Gasteiger charge is -2.25. The van der Waals surface area contributed by atoms with Crippen molar-refractivity contribution < 1.29 is 19.0 Å². The van der Waals surface area contributed by atoms with Crippen LogP contribution in [-0.4, -0.2) is 31.8 Å². The topological polar surface area (TPSA) is 96.8 Å². The summed E-state index contributed by atoms with van der Waals surface area (Å²) < 4.78 is 16.1. The molecule has 20 heavy (non-hydrogen) atoms. The molecule has 0 aromatic heterocycles. The number of primary amides is 1. The molecule has 0 aliphatic heterocycles. The molecular formula is C14H22N2O4. The first-order valence-corrected chi connectivity index (χ1v) is 6.27. The number of ether oxygens (including phenoxy) is 3. The van der Waals surface area contributed by atoms with Gasteiger partial charge in [0.05, 0.1) is 25.9 Å². The van der Waals surface area contributed by atoms with Gasteiger partial charge in [0.15, 0.2) is 0 Å². The molecule has 0 fully saturated rings. The lowest BCUT2D eigenvalue weighted by molar-refractivity contribution is -0.123. The summed E-state index contributed by atoms with van der Waals surface area (Å²) in [5.74, 6) is 1.26. The minimum absolute atomic E-state index is 0.283. The molecule has 0 heterocycles. The molecule has 0 bridgehead atoms. The molecule has 0 radical (unpaired) electrons. The molecule has 2 atom stereocenters.